The average Bonchev–Trinajstić information content (AvgIpc) is 2.14. The highest BCUT2D eigenvalue weighted by Gasteiger charge is 2.36. The molecule has 18 heavy (non-hydrogen) atoms. The molecule has 0 radical (unpaired) electrons. The average molecular weight is 302 g/mol. The standard InChI is InChI=1S/C6H5F6O5P/c7-5(8,9)1-15-4(3(13)17-18-14)16-2-6(10,11)12/h4H,1-2H2. The predicted molar refractivity (Wildman–Crippen MR) is 41.5 cm³/mol. The van der Waals surface area contributed by atoms with Crippen LogP contribution in [-0.4, -0.2) is 37.8 Å². The fourth-order valence-electron chi connectivity index (χ4n) is 0.604. The fraction of sp³-hybridized carbons (Fsp3) is 0.833. The number of halogens is 6. The Morgan fingerprint density at radius 2 is 1.39 bits per heavy atom. The molecule has 0 aliphatic heterocycles. The Labute approximate surface area is 97.3 Å². The Morgan fingerprint density at radius 3 is 1.67 bits per heavy atom. The summed E-state index contributed by atoms with van der Waals surface area (Å²) in [6.45, 7) is -4.05. The van der Waals surface area contributed by atoms with Gasteiger partial charge in [0.1, 0.15) is 13.2 Å². The Balaban J connectivity index is 4.43. The van der Waals surface area contributed by atoms with Crippen LogP contribution in [0.1, 0.15) is 0 Å². The van der Waals surface area contributed by atoms with Crippen molar-refractivity contribution in [2.45, 2.75) is 18.6 Å². The molecule has 0 N–H and O–H groups in total. The van der Waals surface area contributed by atoms with Gasteiger partial charge in [-0.25, -0.2) is 9.36 Å². The first-order valence-electron chi connectivity index (χ1n) is 3.95. The molecule has 0 atom stereocenters. The van der Waals surface area contributed by atoms with Crippen molar-refractivity contribution in [1.29, 1.82) is 0 Å². The van der Waals surface area contributed by atoms with Crippen LogP contribution in [0.3, 0.4) is 0 Å². The number of carbonyl (C=O) groups is 1. The first-order valence-corrected chi connectivity index (χ1v) is 4.68. The van der Waals surface area contributed by atoms with Gasteiger partial charge in [-0.05, 0) is 0 Å². The number of hydrogen-bond acceptors (Lipinski definition) is 5. The Hall–Kier alpha value is -0.930. The molecule has 0 aromatic heterocycles. The third kappa shape index (κ3) is 9.14. The molecule has 0 heterocycles. The molecule has 0 spiro atoms. The minimum Gasteiger partial charge on any atom is -0.369 e. The zero-order valence-electron chi connectivity index (χ0n) is 8.25. The quantitative estimate of drug-likeness (QED) is 0.428. The second kappa shape index (κ2) is 6.86. The van der Waals surface area contributed by atoms with E-state index in [1.54, 1.807) is 0 Å². The summed E-state index contributed by atoms with van der Waals surface area (Å²) >= 11 is 0. The Bertz CT molecular complexity index is 271. The van der Waals surface area contributed by atoms with E-state index in [1.807, 2.05) is 0 Å². The molecule has 0 bridgehead atoms. The summed E-state index contributed by atoms with van der Waals surface area (Å²) in [6, 6.07) is 0. The molecule has 0 saturated heterocycles. The van der Waals surface area contributed by atoms with Crippen molar-refractivity contribution in [1.82, 2.24) is 0 Å². The van der Waals surface area contributed by atoms with Gasteiger partial charge in [-0.1, -0.05) is 0 Å². The summed E-state index contributed by atoms with van der Waals surface area (Å²) < 4.78 is 91.3. The zero-order chi connectivity index (χ0) is 14.4. The van der Waals surface area contributed by atoms with Crippen LogP contribution >= 0.6 is 8.69 Å². The summed E-state index contributed by atoms with van der Waals surface area (Å²) in [5.41, 5.74) is 0. The van der Waals surface area contributed by atoms with Crippen molar-refractivity contribution in [3.8, 4) is 0 Å². The van der Waals surface area contributed by atoms with Crippen LogP contribution in [0.25, 0.3) is 0 Å². The smallest absolute Gasteiger partial charge is 0.369 e. The van der Waals surface area contributed by atoms with E-state index in [0.717, 1.165) is 0 Å². The van der Waals surface area contributed by atoms with Gasteiger partial charge in [-0.3, -0.25) is 0 Å². The molecule has 0 aromatic carbocycles. The predicted octanol–water partition coefficient (Wildman–Crippen LogP) is 2.22. The lowest BCUT2D eigenvalue weighted by molar-refractivity contribution is -0.257. The van der Waals surface area contributed by atoms with Gasteiger partial charge in [0.05, 0.1) is 0 Å². The monoisotopic (exact) mass is 302 g/mol. The Kier molecular flexibility index (Phi) is 6.50. The van der Waals surface area contributed by atoms with Crippen molar-refractivity contribution in [2.75, 3.05) is 13.2 Å². The maximum atomic E-state index is 11.7. The number of carbonyl (C=O) groups excluding carboxylic acids is 1. The van der Waals surface area contributed by atoms with E-state index in [0.29, 0.717) is 0 Å². The van der Waals surface area contributed by atoms with E-state index >= 15 is 0 Å². The minimum atomic E-state index is -4.88. The van der Waals surface area contributed by atoms with Crippen LogP contribution in [0.15, 0.2) is 0 Å². The Morgan fingerprint density at radius 1 is 1.00 bits per heavy atom. The molecular weight excluding hydrogens is 297 g/mol. The number of rotatable bonds is 6. The van der Waals surface area contributed by atoms with E-state index in [9.17, 15) is 35.7 Å². The highest BCUT2D eigenvalue weighted by molar-refractivity contribution is 7.18. The summed E-state index contributed by atoms with van der Waals surface area (Å²) in [7, 11) is -1.26. The summed E-state index contributed by atoms with van der Waals surface area (Å²) in [5, 5.41) is 0. The third-order valence-corrected chi connectivity index (χ3v) is 1.37. The third-order valence-electron chi connectivity index (χ3n) is 1.12. The van der Waals surface area contributed by atoms with Crippen LogP contribution in [0.4, 0.5) is 26.3 Å². The lowest BCUT2D eigenvalue weighted by Crippen LogP contribution is -2.35. The molecule has 0 saturated carbocycles. The minimum absolute atomic E-state index is 1.26. The van der Waals surface area contributed by atoms with Crippen LogP contribution in [0.5, 0.6) is 0 Å². The highest BCUT2D eigenvalue weighted by atomic mass is 31.1. The van der Waals surface area contributed by atoms with Gasteiger partial charge in [0, 0.05) is 0 Å². The molecule has 0 unspecified atom stereocenters. The number of hydrogen-bond donors (Lipinski definition) is 0. The van der Waals surface area contributed by atoms with E-state index in [1.165, 1.54) is 0 Å². The molecule has 0 amide bonds. The normalized spacial score (nSPS) is 13.1. The lowest BCUT2D eigenvalue weighted by Gasteiger charge is -2.17. The number of ether oxygens (including phenoxy) is 2. The maximum absolute atomic E-state index is 11.7. The van der Waals surface area contributed by atoms with Gasteiger partial charge >= 0.3 is 27.0 Å². The molecule has 5 nitrogen and oxygen atoms in total. The lowest BCUT2D eigenvalue weighted by atomic mass is 10.6. The fourth-order valence-corrected chi connectivity index (χ4v) is 0.764. The van der Waals surface area contributed by atoms with E-state index in [4.69, 9.17) is 0 Å². The van der Waals surface area contributed by atoms with Crippen molar-refractivity contribution >= 4 is 14.7 Å². The van der Waals surface area contributed by atoms with Crippen LogP contribution in [0, 0.1) is 0 Å². The van der Waals surface area contributed by atoms with Gasteiger partial charge in [-0.2, -0.15) is 26.3 Å². The molecule has 0 rings (SSSR count). The van der Waals surface area contributed by atoms with E-state index in [-0.39, 0.29) is 0 Å². The molecule has 12 heteroatoms. The molecule has 0 aromatic rings. The van der Waals surface area contributed by atoms with Crippen LogP contribution in [-0.2, 0) is 23.4 Å². The molecule has 0 aliphatic carbocycles. The summed E-state index contributed by atoms with van der Waals surface area (Å²) in [5.74, 6) is -1.78. The van der Waals surface area contributed by atoms with E-state index in [2.05, 4.69) is 14.0 Å². The SMILES string of the molecule is O=POC(=O)C(OCC(F)(F)F)OCC(F)(F)F. The molecule has 106 valence electrons. The van der Waals surface area contributed by atoms with Crippen molar-refractivity contribution < 1.29 is 49.7 Å². The first kappa shape index (κ1) is 17.1. The summed E-state index contributed by atoms with van der Waals surface area (Å²) in [4.78, 5) is 10.8. The number of alkyl halides is 6. The highest BCUT2D eigenvalue weighted by Crippen LogP contribution is 2.19. The van der Waals surface area contributed by atoms with Crippen LogP contribution < -0.4 is 0 Å². The van der Waals surface area contributed by atoms with Crippen molar-refractivity contribution in [3.05, 3.63) is 0 Å². The second-order valence-electron chi connectivity index (χ2n) is 2.67. The van der Waals surface area contributed by atoms with Crippen molar-refractivity contribution in [2.24, 2.45) is 0 Å². The van der Waals surface area contributed by atoms with Gasteiger partial charge in [0.25, 0.3) is 6.29 Å². The van der Waals surface area contributed by atoms with Gasteiger partial charge in [0.15, 0.2) is 0 Å². The topological polar surface area (TPSA) is 61.8 Å². The van der Waals surface area contributed by atoms with Gasteiger partial charge in [-0.15, -0.1) is 0 Å². The zero-order valence-corrected chi connectivity index (χ0v) is 9.14. The maximum Gasteiger partial charge on any atom is 0.411 e. The molecular formula is C6H5F6O5P. The van der Waals surface area contributed by atoms with E-state index < -0.39 is 46.5 Å². The molecule has 0 fully saturated rings. The van der Waals surface area contributed by atoms with Gasteiger partial charge < -0.3 is 14.0 Å². The molecule has 0 aliphatic rings. The summed E-state index contributed by atoms with van der Waals surface area (Å²) in [6.07, 6.45) is -12.3. The largest absolute Gasteiger partial charge is 0.411 e. The second-order valence-corrected chi connectivity index (χ2v) is 3.00. The van der Waals surface area contributed by atoms with Crippen LogP contribution in [0.2, 0.25) is 0 Å². The van der Waals surface area contributed by atoms with Gasteiger partial charge in [0.2, 0.25) is 0 Å². The first-order chi connectivity index (χ1) is 8.05. The van der Waals surface area contributed by atoms with Crippen molar-refractivity contribution in [3.63, 3.8) is 0 Å².